The number of amides is 1. The zero-order chi connectivity index (χ0) is 14.6. The molecular weight excluding hydrogens is 236 g/mol. The van der Waals surface area contributed by atoms with Crippen molar-refractivity contribution in [3.05, 3.63) is 29.3 Å². The molecule has 0 aliphatic rings. The van der Waals surface area contributed by atoms with E-state index >= 15 is 0 Å². The summed E-state index contributed by atoms with van der Waals surface area (Å²) in [5, 5.41) is 6.28. The lowest BCUT2D eigenvalue weighted by atomic mass is 9.97. The van der Waals surface area contributed by atoms with Crippen LogP contribution < -0.4 is 10.6 Å². The van der Waals surface area contributed by atoms with Crippen LogP contribution in [0.1, 0.15) is 51.7 Å². The van der Waals surface area contributed by atoms with E-state index in [4.69, 9.17) is 0 Å². The number of para-hydroxylation sites is 1. The molecule has 0 aliphatic heterocycles. The lowest BCUT2D eigenvalue weighted by Gasteiger charge is -2.26. The Bertz CT molecular complexity index is 450. The zero-order valence-electron chi connectivity index (χ0n) is 12.9. The van der Waals surface area contributed by atoms with Gasteiger partial charge in [0, 0.05) is 5.69 Å². The Kier molecular flexibility index (Phi) is 5.12. The van der Waals surface area contributed by atoms with Gasteiger partial charge in [-0.1, -0.05) is 39.0 Å². The van der Waals surface area contributed by atoms with Crippen LogP contribution in [-0.2, 0) is 4.79 Å². The molecule has 0 unspecified atom stereocenters. The van der Waals surface area contributed by atoms with Gasteiger partial charge in [0.05, 0.1) is 5.54 Å². The van der Waals surface area contributed by atoms with Crippen molar-refractivity contribution in [1.82, 2.24) is 5.32 Å². The molecule has 0 saturated carbocycles. The number of anilines is 1. The molecule has 19 heavy (non-hydrogen) atoms. The van der Waals surface area contributed by atoms with E-state index in [0.717, 1.165) is 17.8 Å². The zero-order valence-corrected chi connectivity index (χ0v) is 12.9. The minimum Gasteiger partial charge on any atom is -0.324 e. The first kappa shape index (κ1) is 15.7. The Labute approximate surface area is 116 Å². The smallest absolute Gasteiger partial charge is 0.244 e. The Balaban J connectivity index is 3.03. The van der Waals surface area contributed by atoms with Crippen LogP contribution in [0.3, 0.4) is 0 Å². The monoisotopic (exact) mass is 262 g/mol. The van der Waals surface area contributed by atoms with Gasteiger partial charge in [-0.05, 0) is 44.4 Å². The van der Waals surface area contributed by atoms with Gasteiger partial charge in [0.1, 0.15) is 0 Å². The minimum atomic E-state index is -0.564. The Hall–Kier alpha value is -1.35. The topological polar surface area (TPSA) is 41.1 Å². The van der Waals surface area contributed by atoms with E-state index in [-0.39, 0.29) is 5.91 Å². The SMILES string of the molecule is CCNC(C)(C)C(=O)Nc1c(C)cccc1C(C)C. The fourth-order valence-electron chi connectivity index (χ4n) is 2.13. The molecule has 1 aromatic carbocycles. The highest BCUT2D eigenvalue weighted by molar-refractivity contribution is 5.98. The fraction of sp³-hybridized carbons (Fsp3) is 0.562. The summed E-state index contributed by atoms with van der Waals surface area (Å²) in [5.41, 5.74) is 2.67. The van der Waals surface area contributed by atoms with E-state index in [9.17, 15) is 4.79 Å². The highest BCUT2D eigenvalue weighted by Gasteiger charge is 2.27. The number of hydrogen-bond acceptors (Lipinski definition) is 2. The Morgan fingerprint density at radius 2 is 1.95 bits per heavy atom. The summed E-state index contributed by atoms with van der Waals surface area (Å²) < 4.78 is 0. The van der Waals surface area contributed by atoms with Crippen molar-refractivity contribution in [3.63, 3.8) is 0 Å². The van der Waals surface area contributed by atoms with Gasteiger partial charge in [0.2, 0.25) is 5.91 Å². The predicted octanol–water partition coefficient (Wildman–Crippen LogP) is 3.45. The number of carbonyl (C=O) groups is 1. The second-order valence-electron chi connectivity index (χ2n) is 5.80. The maximum atomic E-state index is 12.4. The number of nitrogens with one attached hydrogen (secondary N) is 2. The second kappa shape index (κ2) is 6.20. The lowest BCUT2D eigenvalue weighted by Crippen LogP contribution is -2.49. The normalized spacial score (nSPS) is 11.7. The van der Waals surface area contributed by atoms with Crippen LogP contribution in [0.4, 0.5) is 5.69 Å². The molecule has 2 N–H and O–H groups in total. The van der Waals surface area contributed by atoms with Crippen molar-refractivity contribution < 1.29 is 4.79 Å². The molecule has 1 aromatic rings. The highest BCUT2D eigenvalue weighted by atomic mass is 16.2. The molecular formula is C16H26N2O. The quantitative estimate of drug-likeness (QED) is 0.853. The van der Waals surface area contributed by atoms with E-state index in [1.54, 1.807) is 0 Å². The summed E-state index contributed by atoms with van der Waals surface area (Å²) in [4.78, 5) is 12.4. The van der Waals surface area contributed by atoms with E-state index in [1.807, 2.05) is 39.8 Å². The average Bonchev–Trinajstić information content (AvgIpc) is 2.31. The van der Waals surface area contributed by atoms with Crippen molar-refractivity contribution in [2.75, 3.05) is 11.9 Å². The number of aryl methyl sites for hydroxylation is 1. The summed E-state index contributed by atoms with van der Waals surface area (Å²) in [6.45, 7) is 12.9. The first-order chi connectivity index (χ1) is 8.79. The summed E-state index contributed by atoms with van der Waals surface area (Å²) in [6.07, 6.45) is 0. The highest BCUT2D eigenvalue weighted by Crippen LogP contribution is 2.28. The molecule has 0 heterocycles. The summed E-state index contributed by atoms with van der Waals surface area (Å²) in [5.74, 6) is 0.392. The molecule has 0 atom stereocenters. The van der Waals surface area contributed by atoms with Gasteiger partial charge >= 0.3 is 0 Å². The number of benzene rings is 1. The van der Waals surface area contributed by atoms with Crippen molar-refractivity contribution in [2.45, 2.75) is 53.0 Å². The summed E-state index contributed by atoms with van der Waals surface area (Å²) in [6, 6.07) is 6.14. The van der Waals surface area contributed by atoms with Gasteiger partial charge in [-0.15, -0.1) is 0 Å². The maximum Gasteiger partial charge on any atom is 0.244 e. The molecule has 0 fully saturated rings. The molecule has 3 nitrogen and oxygen atoms in total. The van der Waals surface area contributed by atoms with E-state index in [0.29, 0.717) is 5.92 Å². The first-order valence-corrected chi connectivity index (χ1v) is 6.95. The number of hydrogen-bond donors (Lipinski definition) is 2. The fourth-order valence-corrected chi connectivity index (χ4v) is 2.13. The third-order valence-electron chi connectivity index (χ3n) is 3.35. The number of carbonyl (C=O) groups excluding carboxylic acids is 1. The van der Waals surface area contributed by atoms with Crippen molar-refractivity contribution in [2.24, 2.45) is 0 Å². The number of likely N-dealkylation sites (N-methyl/N-ethyl adjacent to an activating group) is 1. The van der Waals surface area contributed by atoms with Gasteiger partial charge in [0.15, 0.2) is 0 Å². The van der Waals surface area contributed by atoms with E-state index in [2.05, 4.69) is 30.5 Å². The van der Waals surface area contributed by atoms with Gasteiger partial charge in [-0.25, -0.2) is 0 Å². The standard InChI is InChI=1S/C16H26N2O/c1-7-17-16(5,6)15(19)18-14-12(4)9-8-10-13(14)11(2)3/h8-11,17H,7H2,1-6H3,(H,18,19). The van der Waals surface area contributed by atoms with Gasteiger partial charge in [-0.3, -0.25) is 4.79 Å². The second-order valence-corrected chi connectivity index (χ2v) is 5.80. The Morgan fingerprint density at radius 3 is 2.47 bits per heavy atom. The lowest BCUT2D eigenvalue weighted by molar-refractivity contribution is -0.121. The molecule has 0 spiro atoms. The van der Waals surface area contributed by atoms with E-state index in [1.165, 1.54) is 5.56 Å². The largest absolute Gasteiger partial charge is 0.324 e. The van der Waals surface area contributed by atoms with Crippen LogP contribution in [0, 0.1) is 6.92 Å². The van der Waals surface area contributed by atoms with Gasteiger partial charge in [0.25, 0.3) is 0 Å². The van der Waals surface area contributed by atoms with Crippen LogP contribution in [0.25, 0.3) is 0 Å². The maximum absolute atomic E-state index is 12.4. The molecule has 3 heteroatoms. The van der Waals surface area contributed by atoms with Crippen molar-refractivity contribution in [1.29, 1.82) is 0 Å². The van der Waals surface area contributed by atoms with Crippen LogP contribution in [0.5, 0.6) is 0 Å². The van der Waals surface area contributed by atoms with Crippen LogP contribution in [0.2, 0.25) is 0 Å². The van der Waals surface area contributed by atoms with Crippen LogP contribution in [0.15, 0.2) is 18.2 Å². The number of rotatable bonds is 5. The summed E-state index contributed by atoms with van der Waals surface area (Å²) >= 11 is 0. The molecule has 1 rings (SSSR count). The van der Waals surface area contributed by atoms with Gasteiger partial charge in [-0.2, -0.15) is 0 Å². The minimum absolute atomic E-state index is 0.00514. The van der Waals surface area contributed by atoms with Crippen LogP contribution >= 0.6 is 0 Å². The predicted molar refractivity (Wildman–Crippen MR) is 81.7 cm³/mol. The summed E-state index contributed by atoms with van der Waals surface area (Å²) in [7, 11) is 0. The van der Waals surface area contributed by atoms with Crippen molar-refractivity contribution in [3.8, 4) is 0 Å². The molecule has 0 bridgehead atoms. The first-order valence-electron chi connectivity index (χ1n) is 6.95. The third kappa shape index (κ3) is 3.80. The van der Waals surface area contributed by atoms with Crippen LogP contribution in [-0.4, -0.2) is 18.0 Å². The van der Waals surface area contributed by atoms with Crippen molar-refractivity contribution >= 4 is 11.6 Å². The molecule has 106 valence electrons. The Morgan fingerprint density at radius 1 is 1.32 bits per heavy atom. The average molecular weight is 262 g/mol. The molecule has 1 amide bonds. The molecule has 0 radical (unpaired) electrons. The molecule has 0 aliphatic carbocycles. The van der Waals surface area contributed by atoms with Gasteiger partial charge < -0.3 is 10.6 Å². The molecule has 0 saturated heterocycles. The molecule has 0 aromatic heterocycles. The van der Waals surface area contributed by atoms with E-state index < -0.39 is 5.54 Å². The third-order valence-corrected chi connectivity index (χ3v) is 3.35.